The molecule has 2 N–H and O–H groups in total. The summed E-state index contributed by atoms with van der Waals surface area (Å²) < 4.78 is 0. The van der Waals surface area contributed by atoms with Crippen LogP contribution in [-0.4, -0.2) is 17.0 Å². The second kappa shape index (κ2) is 4.50. The lowest BCUT2D eigenvalue weighted by molar-refractivity contribution is 1.32. The van der Waals surface area contributed by atoms with Crippen LogP contribution >= 0.6 is 0 Å². The summed E-state index contributed by atoms with van der Waals surface area (Å²) in [6, 6.07) is 3.96. The molecule has 2 rings (SSSR count). The number of rotatable bonds is 1. The first-order valence-electron chi connectivity index (χ1n) is 4.51. The molecule has 2 aromatic rings. The zero-order chi connectivity index (χ0) is 9.68. The van der Waals surface area contributed by atoms with Crippen LogP contribution in [0.5, 0.6) is 0 Å². The summed E-state index contributed by atoms with van der Waals surface area (Å²) in [6.07, 6.45) is 3.67. The maximum absolute atomic E-state index is 4.15. The molecule has 13 heavy (non-hydrogen) atoms. The van der Waals surface area contributed by atoms with Gasteiger partial charge in [0, 0.05) is 30.5 Å². The van der Waals surface area contributed by atoms with Crippen molar-refractivity contribution < 1.29 is 0 Å². The maximum atomic E-state index is 4.15. The molecular weight excluding hydrogens is 162 g/mol. The number of fused-ring (bicyclic) bond motifs is 1. The molecule has 0 atom stereocenters. The predicted octanol–water partition coefficient (Wildman–Crippen LogP) is 2.63. The van der Waals surface area contributed by atoms with Crippen molar-refractivity contribution in [1.82, 2.24) is 9.97 Å². The minimum absolute atomic E-state index is 0.928. The zero-order valence-electron chi connectivity index (χ0n) is 8.26. The Bertz CT molecular complexity index is 365. The highest BCUT2D eigenvalue weighted by Crippen LogP contribution is 2.18. The number of hydrogen-bond acceptors (Lipinski definition) is 2. The van der Waals surface area contributed by atoms with E-state index in [0.717, 1.165) is 16.7 Å². The monoisotopic (exact) mass is 177 g/mol. The molecule has 3 heteroatoms. The smallest absolute Gasteiger partial charge is 0.139 e. The molecule has 0 aliphatic rings. The summed E-state index contributed by atoms with van der Waals surface area (Å²) in [4.78, 5) is 7.20. The van der Waals surface area contributed by atoms with Crippen LogP contribution in [-0.2, 0) is 0 Å². The van der Waals surface area contributed by atoms with Crippen molar-refractivity contribution in [1.29, 1.82) is 0 Å². The number of anilines is 1. The standard InChI is InChI=1S/C8H9N3.C2H6/c1-9-7-3-5-11-8-6(7)2-4-10-8;1-2/h2-5H,1H3,(H2,9,10,11);1-2H3. The molecule has 0 aliphatic carbocycles. The summed E-state index contributed by atoms with van der Waals surface area (Å²) in [7, 11) is 1.90. The van der Waals surface area contributed by atoms with Crippen molar-refractivity contribution in [3.63, 3.8) is 0 Å². The van der Waals surface area contributed by atoms with Gasteiger partial charge in [-0.05, 0) is 12.1 Å². The summed E-state index contributed by atoms with van der Waals surface area (Å²) in [5, 5.41) is 4.23. The van der Waals surface area contributed by atoms with Crippen LogP contribution in [0.4, 0.5) is 5.69 Å². The lowest BCUT2D eigenvalue weighted by Crippen LogP contribution is -1.88. The van der Waals surface area contributed by atoms with Crippen LogP contribution in [0.25, 0.3) is 11.0 Å². The second-order valence-corrected chi connectivity index (χ2v) is 2.35. The van der Waals surface area contributed by atoms with Crippen LogP contribution in [0.1, 0.15) is 13.8 Å². The van der Waals surface area contributed by atoms with Crippen LogP contribution in [0.15, 0.2) is 24.5 Å². The number of nitrogens with zero attached hydrogens (tertiary/aromatic N) is 1. The fourth-order valence-corrected chi connectivity index (χ4v) is 1.18. The van der Waals surface area contributed by atoms with Crippen LogP contribution in [0.2, 0.25) is 0 Å². The molecule has 0 amide bonds. The normalized spacial score (nSPS) is 9.15. The summed E-state index contributed by atoms with van der Waals surface area (Å²) in [5.41, 5.74) is 2.04. The first-order valence-corrected chi connectivity index (χ1v) is 4.51. The van der Waals surface area contributed by atoms with Gasteiger partial charge in [-0.1, -0.05) is 13.8 Å². The SMILES string of the molecule is CC.CNc1ccnc2[nH]ccc12. The Labute approximate surface area is 78.2 Å². The average molecular weight is 177 g/mol. The Morgan fingerprint density at radius 2 is 2.08 bits per heavy atom. The molecule has 0 unspecified atom stereocenters. The van der Waals surface area contributed by atoms with E-state index in [4.69, 9.17) is 0 Å². The number of hydrogen-bond donors (Lipinski definition) is 2. The molecule has 3 nitrogen and oxygen atoms in total. The van der Waals surface area contributed by atoms with Gasteiger partial charge in [-0.15, -0.1) is 0 Å². The lowest BCUT2D eigenvalue weighted by Gasteiger charge is -1.98. The summed E-state index contributed by atoms with van der Waals surface area (Å²) >= 11 is 0. The Hall–Kier alpha value is -1.51. The molecule has 0 spiro atoms. The van der Waals surface area contributed by atoms with Gasteiger partial charge in [-0.25, -0.2) is 4.98 Å². The van der Waals surface area contributed by atoms with E-state index in [9.17, 15) is 0 Å². The predicted molar refractivity (Wildman–Crippen MR) is 57.0 cm³/mol. The summed E-state index contributed by atoms with van der Waals surface area (Å²) in [5.74, 6) is 0. The van der Waals surface area contributed by atoms with Gasteiger partial charge in [0.05, 0.1) is 0 Å². The fraction of sp³-hybridized carbons (Fsp3) is 0.300. The van der Waals surface area contributed by atoms with E-state index >= 15 is 0 Å². The van der Waals surface area contributed by atoms with E-state index < -0.39 is 0 Å². The molecular formula is C10H15N3. The van der Waals surface area contributed by atoms with Gasteiger partial charge >= 0.3 is 0 Å². The van der Waals surface area contributed by atoms with Gasteiger partial charge in [-0.3, -0.25) is 0 Å². The molecule has 0 aromatic carbocycles. The van der Waals surface area contributed by atoms with Crippen LogP contribution < -0.4 is 5.32 Å². The highest BCUT2D eigenvalue weighted by Gasteiger charge is 1.98. The van der Waals surface area contributed by atoms with Crippen LogP contribution in [0, 0.1) is 0 Å². The molecule has 0 saturated carbocycles. The van der Waals surface area contributed by atoms with E-state index in [2.05, 4.69) is 15.3 Å². The number of nitrogens with one attached hydrogen (secondary N) is 2. The van der Waals surface area contributed by atoms with Crippen molar-refractivity contribution in [2.24, 2.45) is 0 Å². The maximum Gasteiger partial charge on any atom is 0.139 e. The van der Waals surface area contributed by atoms with Gasteiger partial charge in [0.25, 0.3) is 0 Å². The zero-order valence-corrected chi connectivity index (χ0v) is 8.26. The van der Waals surface area contributed by atoms with Crippen molar-refractivity contribution in [2.75, 3.05) is 12.4 Å². The number of aromatic nitrogens is 2. The van der Waals surface area contributed by atoms with Crippen molar-refractivity contribution in [2.45, 2.75) is 13.8 Å². The van der Waals surface area contributed by atoms with E-state index in [-0.39, 0.29) is 0 Å². The molecule has 0 aliphatic heterocycles. The largest absolute Gasteiger partial charge is 0.387 e. The van der Waals surface area contributed by atoms with Gasteiger partial charge < -0.3 is 10.3 Å². The third kappa shape index (κ3) is 1.80. The van der Waals surface area contributed by atoms with E-state index in [1.54, 1.807) is 6.20 Å². The van der Waals surface area contributed by atoms with E-state index in [1.165, 1.54) is 0 Å². The van der Waals surface area contributed by atoms with Crippen molar-refractivity contribution in [3.05, 3.63) is 24.5 Å². The quantitative estimate of drug-likeness (QED) is 0.703. The van der Waals surface area contributed by atoms with E-state index in [0.29, 0.717) is 0 Å². The van der Waals surface area contributed by atoms with Crippen molar-refractivity contribution >= 4 is 16.7 Å². The van der Waals surface area contributed by atoms with Crippen LogP contribution in [0.3, 0.4) is 0 Å². The molecule has 0 fully saturated rings. The topological polar surface area (TPSA) is 40.7 Å². The fourth-order valence-electron chi connectivity index (χ4n) is 1.18. The highest BCUT2D eigenvalue weighted by molar-refractivity contribution is 5.88. The Kier molecular flexibility index (Phi) is 3.31. The molecule has 0 radical (unpaired) electrons. The minimum Gasteiger partial charge on any atom is -0.387 e. The molecule has 2 heterocycles. The molecule has 2 aromatic heterocycles. The minimum atomic E-state index is 0.928. The molecule has 0 saturated heterocycles. The molecule has 0 bridgehead atoms. The van der Waals surface area contributed by atoms with Crippen molar-refractivity contribution in [3.8, 4) is 0 Å². The second-order valence-electron chi connectivity index (χ2n) is 2.35. The molecule has 70 valence electrons. The third-order valence-corrected chi connectivity index (χ3v) is 1.73. The Morgan fingerprint density at radius 3 is 2.77 bits per heavy atom. The highest BCUT2D eigenvalue weighted by atomic mass is 14.9. The Morgan fingerprint density at radius 1 is 1.31 bits per heavy atom. The number of H-pyrrole nitrogens is 1. The first kappa shape index (κ1) is 9.58. The van der Waals surface area contributed by atoms with Gasteiger partial charge in [0.15, 0.2) is 0 Å². The number of aromatic amines is 1. The van der Waals surface area contributed by atoms with Gasteiger partial charge in [-0.2, -0.15) is 0 Å². The van der Waals surface area contributed by atoms with Gasteiger partial charge in [0.2, 0.25) is 0 Å². The lowest BCUT2D eigenvalue weighted by atomic mass is 10.3. The first-order chi connectivity index (χ1) is 6.42. The van der Waals surface area contributed by atoms with Gasteiger partial charge in [0.1, 0.15) is 5.65 Å². The Balaban J connectivity index is 0.000000396. The summed E-state index contributed by atoms with van der Waals surface area (Å²) in [6.45, 7) is 4.00. The third-order valence-electron chi connectivity index (χ3n) is 1.73. The van der Waals surface area contributed by atoms with E-state index in [1.807, 2.05) is 39.2 Å². The number of pyridine rings is 1. The average Bonchev–Trinajstić information content (AvgIpc) is 2.68.